The van der Waals surface area contributed by atoms with Crippen molar-refractivity contribution in [3.63, 3.8) is 0 Å². The Hall–Kier alpha value is -1.01. The molecule has 4 nitrogen and oxygen atoms in total. The molecule has 0 aliphatic rings. The molecule has 72 valence electrons. The number of nitrogens with zero attached hydrogens (tertiary/aromatic N) is 1. The van der Waals surface area contributed by atoms with Gasteiger partial charge in [-0.05, 0) is 12.5 Å². The average Bonchev–Trinajstić information content (AvgIpc) is 1.94. The predicted molar refractivity (Wildman–Crippen MR) is 40.6 cm³/mol. The minimum absolute atomic E-state index is 0.0782. The second-order valence-electron chi connectivity index (χ2n) is 2.75. The molecule has 0 fully saturated rings. The minimum Gasteiger partial charge on any atom is -0.739 e. The van der Waals surface area contributed by atoms with Crippen LogP contribution >= 0.6 is 0 Å². The molecular formula is C7H8FNO3S. The zero-order chi connectivity index (χ0) is 10.2. The SMILES string of the molecule is Cc1cc(C)[n+](F)c(S(=O)(=O)[O-])c1. The Morgan fingerprint density at radius 3 is 2.38 bits per heavy atom. The van der Waals surface area contributed by atoms with Crippen molar-refractivity contribution in [2.75, 3.05) is 0 Å². The van der Waals surface area contributed by atoms with Crippen LogP contribution in [0.15, 0.2) is 17.2 Å². The van der Waals surface area contributed by atoms with Crippen molar-refractivity contribution in [1.29, 1.82) is 0 Å². The van der Waals surface area contributed by atoms with E-state index in [9.17, 15) is 17.5 Å². The highest BCUT2D eigenvalue weighted by atomic mass is 32.2. The molecule has 1 aromatic heterocycles. The summed E-state index contributed by atoms with van der Waals surface area (Å²) in [6.07, 6.45) is 0. The van der Waals surface area contributed by atoms with Crippen molar-refractivity contribution in [1.82, 2.24) is 0 Å². The van der Waals surface area contributed by atoms with Gasteiger partial charge in [0.2, 0.25) is 5.69 Å². The highest BCUT2D eigenvalue weighted by Gasteiger charge is 2.21. The fraction of sp³-hybridized carbons (Fsp3) is 0.286. The Labute approximate surface area is 75.3 Å². The van der Waals surface area contributed by atoms with E-state index in [-0.39, 0.29) is 10.5 Å². The van der Waals surface area contributed by atoms with Gasteiger partial charge in [0.1, 0.15) is 0 Å². The summed E-state index contributed by atoms with van der Waals surface area (Å²) < 4.78 is 44.6. The van der Waals surface area contributed by atoms with Crippen LogP contribution in [-0.2, 0) is 10.1 Å². The van der Waals surface area contributed by atoms with E-state index in [1.54, 1.807) is 6.92 Å². The zero-order valence-corrected chi connectivity index (χ0v) is 7.93. The Bertz CT molecular complexity index is 441. The topological polar surface area (TPSA) is 61.1 Å². The van der Waals surface area contributed by atoms with Crippen LogP contribution in [0.2, 0.25) is 0 Å². The quantitative estimate of drug-likeness (QED) is 0.616. The second kappa shape index (κ2) is 3.04. The van der Waals surface area contributed by atoms with Gasteiger partial charge in [0.05, 0.1) is 4.48 Å². The fourth-order valence-electron chi connectivity index (χ4n) is 1.02. The maximum Gasteiger partial charge on any atom is 0.332 e. The first kappa shape index (κ1) is 10.1. The first-order valence-electron chi connectivity index (χ1n) is 3.48. The van der Waals surface area contributed by atoms with Crippen LogP contribution < -0.4 is 4.79 Å². The summed E-state index contributed by atoms with van der Waals surface area (Å²) in [5.41, 5.74) is 0.607. The monoisotopic (exact) mass is 205 g/mol. The van der Waals surface area contributed by atoms with Crippen LogP contribution in [0.25, 0.3) is 0 Å². The standard InChI is InChI=1S/C7H8FNO3S/c1-5-3-6(2)9(8)7(4-5)13(10,11)12/h3-4H,1-2H3. The molecule has 0 aliphatic carbocycles. The minimum atomic E-state index is -4.74. The van der Waals surface area contributed by atoms with Gasteiger partial charge < -0.3 is 4.55 Å². The molecule has 0 N–H and O–H groups in total. The van der Waals surface area contributed by atoms with Gasteiger partial charge in [-0.25, -0.2) is 8.42 Å². The molecule has 6 heteroatoms. The number of rotatable bonds is 1. The van der Waals surface area contributed by atoms with Crippen molar-refractivity contribution in [3.05, 3.63) is 23.4 Å². The van der Waals surface area contributed by atoms with Crippen LogP contribution in [0.4, 0.5) is 4.48 Å². The van der Waals surface area contributed by atoms with E-state index in [4.69, 9.17) is 0 Å². The third-order valence-corrected chi connectivity index (χ3v) is 2.34. The summed E-state index contributed by atoms with van der Waals surface area (Å²) in [6.45, 7) is 2.96. The Morgan fingerprint density at radius 1 is 1.38 bits per heavy atom. The predicted octanol–water partition coefficient (Wildman–Crippen LogP) is 0.228. The summed E-state index contributed by atoms with van der Waals surface area (Å²) in [5, 5.41) is -0.856. The van der Waals surface area contributed by atoms with Crippen LogP contribution in [0.5, 0.6) is 0 Å². The Balaban J connectivity index is 3.56. The van der Waals surface area contributed by atoms with Gasteiger partial charge in [0, 0.05) is 23.8 Å². The third kappa shape index (κ3) is 2.02. The highest BCUT2D eigenvalue weighted by molar-refractivity contribution is 7.85. The molecule has 0 spiro atoms. The summed E-state index contributed by atoms with van der Waals surface area (Å²) in [6, 6.07) is 2.43. The van der Waals surface area contributed by atoms with Crippen molar-refractivity contribution >= 4 is 10.1 Å². The van der Waals surface area contributed by atoms with Gasteiger partial charge in [-0.1, -0.05) is 0 Å². The lowest BCUT2D eigenvalue weighted by atomic mass is 10.2. The van der Waals surface area contributed by atoms with Crippen LogP contribution in [-0.4, -0.2) is 13.0 Å². The molecule has 1 heterocycles. The van der Waals surface area contributed by atoms with Crippen molar-refractivity contribution in [2.24, 2.45) is 0 Å². The van der Waals surface area contributed by atoms with Gasteiger partial charge in [-0.3, -0.25) is 0 Å². The average molecular weight is 205 g/mol. The van der Waals surface area contributed by atoms with E-state index in [0.717, 1.165) is 6.07 Å². The van der Waals surface area contributed by atoms with Gasteiger partial charge in [0.15, 0.2) is 10.1 Å². The summed E-state index contributed by atoms with van der Waals surface area (Å²) in [4.78, 5) is -0.130. The van der Waals surface area contributed by atoms with Gasteiger partial charge in [0.25, 0.3) is 0 Å². The molecule has 0 saturated carbocycles. The van der Waals surface area contributed by atoms with Gasteiger partial charge in [-0.15, -0.1) is 0 Å². The molecule has 0 unspecified atom stereocenters. The molecular weight excluding hydrogens is 197 g/mol. The molecule has 1 aromatic rings. The molecule has 0 bridgehead atoms. The van der Waals surface area contributed by atoms with Crippen molar-refractivity contribution in [3.8, 4) is 0 Å². The van der Waals surface area contributed by atoms with E-state index >= 15 is 0 Å². The molecule has 0 saturated heterocycles. The lowest BCUT2D eigenvalue weighted by molar-refractivity contribution is -0.879. The fourth-order valence-corrected chi connectivity index (χ4v) is 1.69. The number of aryl methyl sites for hydroxylation is 2. The van der Waals surface area contributed by atoms with Gasteiger partial charge >= 0.3 is 5.03 Å². The first-order valence-corrected chi connectivity index (χ1v) is 4.88. The summed E-state index contributed by atoms with van der Waals surface area (Å²) in [5.74, 6) is 0. The molecule has 0 aromatic carbocycles. The van der Waals surface area contributed by atoms with E-state index in [0.29, 0.717) is 5.56 Å². The smallest absolute Gasteiger partial charge is 0.332 e. The maximum absolute atomic E-state index is 13.0. The number of pyridine rings is 1. The molecule has 0 amide bonds. The summed E-state index contributed by atoms with van der Waals surface area (Å²) >= 11 is 0. The van der Waals surface area contributed by atoms with E-state index < -0.39 is 15.1 Å². The third-order valence-electron chi connectivity index (χ3n) is 1.55. The number of halogens is 1. The molecule has 0 aliphatic heterocycles. The Kier molecular flexibility index (Phi) is 2.36. The molecule has 13 heavy (non-hydrogen) atoms. The van der Waals surface area contributed by atoms with Crippen LogP contribution in [0.3, 0.4) is 0 Å². The van der Waals surface area contributed by atoms with Crippen LogP contribution in [0.1, 0.15) is 11.3 Å². The van der Waals surface area contributed by atoms with Gasteiger partial charge in [-0.2, -0.15) is 0 Å². The zero-order valence-electron chi connectivity index (χ0n) is 7.11. The lowest BCUT2D eigenvalue weighted by Gasteiger charge is -2.02. The van der Waals surface area contributed by atoms with Crippen molar-refractivity contribution < 1.29 is 22.2 Å². The molecule has 0 radical (unpaired) electrons. The highest BCUT2D eigenvalue weighted by Crippen LogP contribution is 2.07. The van der Waals surface area contributed by atoms with E-state index in [1.165, 1.54) is 13.0 Å². The van der Waals surface area contributed by atoms with Crippen LogP contribution in [0, 0.1) is 13.8 Å². The molecule has 1 rings (SSSR count). The normalized spacial score (nSPS) is 11.7. The van der Waals surface area contributed by atoms with E-state index in [2.05, 4.69) is 0 Å². The maximum atomic E-state index is 13.0. The van der Waals surface area contributed by atoms with E-state index in [1.807, 2.05) is 0 Å². The largest absolute Gasteiger partial charge is 0.739 e. The molecule has 0 atom stereocenters. The number of hydrogen-bond donors (Lipinski definition) is 0. The van der Waals surface area contributed by atoms with Crippen molar-refractivity contribution in [2.45, 2.75) is 18.9 Å². The number of aromatic nitrogens is 1. The first-order chi connectivity index (χ1) is 5.82. The Morgan fingerprint density at radius 2 is 1.92 bits per heavy atom. The summed E-state index contributed by atoms with van der Waals surface area (Å²) in [7, 11) is -4.74. The number of hydrogen-bond acceptors (Lipinski definition) is 3. The second-order valence-corrected chi connectivity index (χ2v) is 4.07. The lowest BCUT2D eigenvalue weighted by Crippen LogP contribution is -2.34.